The average Bonchev–Trinajstić information content (AvgIpc) is 3.09. The minimum absolute atomic E-state index is 0. The molecule has 0 aromatic heterocycles. The maximum Gasteiger partial charge on any atom is 0.225 e. The number of rotatable bonds is 6. The molecule has 1 aromatic rings. The van der Waals surface area contributed by atoms with Gasteiger partial charge in [-0.1, -0.05) is 26.8 Å². The molecular weight excluding hydrogens is 477 g/mol. The van der Waals surface area contributed by atoms with Crippen molar-refractivity contribution in [3.05, 3.63) is 35.4 Å². The molecule has 0 radical (unpaired) electrons. The van der Waals surface area contributed by atoms with E-state index in [0.717, 1.165) is 19.0 Å². The highest BCUT2D eigenvalue weighted by molar-refractivity contribution is 14.0. The first-order valence-electron chi connectivity index (χ1n) is 9.60. The summed E-state index contributed by atoms with van der Waals surface area (Å²) in [4.78, 5) is 18.6. The molecule has 1 heterocycles. The SMILES string of the molecule is CCNC(=NCC(C)c1ccc(F)c(F)c1)NC1CCN(C(=O)C(C)C)C1.I. The molecule has 8 heteroatoms. The van der Waals surface area contributed by atoms with Crippen LogP contribution in [0.5, 0.6) is 0 Å². The number of halogens is 3. The van der Waals surface area contributed by atoms with Gasteiger partial charge < -0.3 is 15.5 Å². The number of carbonyl (C=O) groups excluding carboxylic acids is 1. The molecule has 1 aliphatic heterocycles. The summed E-state index contributed by atoms with van der Waals surface area (Å²) in [6, 6.07) is 4.12. The van der Waals surface area contributed by atoms with E-state index in [0.29, 0.717) is 31.2 Å². The number of benzene rings is 1. The Labute approximate surface area is 183 Å². The molecule has 158 valence electrons. The normalized spacial score (nSPS) is 18.0. The third-order valence-corrected chi connectivity index (χ3v) is 4.71. The lowest BCUT2D eigenvalue weighted by molar-refractivity contribution is -0.133. The fraction of sp³-hybridized carbons (Fsp3) is 0.600. The van der Waals surface area contributed by atoms with Gasteiger partial charge in [-0.05, 0) is 31.0 Å². The van der Waals surface area contributed by atoms with Crippen LogP contribution in [0.15, 0.2) is 23.2 Å². The molecule has 0 aliphatic carbocycles. The van der Waals surface area contributed by atoms with Gasteiger partial charge in [0.2, 0.25) is 5.91 Å². The van der Waals surface area contributed by atoms with Crippen molar-refractivity contribution in [1.29, 1.82) is 0 Å². The lowest BCUT2D eigenvalue weighted by Gasteiger charge is -2.20. The van der Waals surface area contributed by atoms with Gasteiger partial charge in [0.15, 0.2) is 17.6 Å². The maximum atomic E-state index is 13.4. The minimum Gasteiger partial charge on any atom is -0.357 e. The largest absolute Gasteiger partial charge is 0.357 e. The van der Waals surface area contributed by atoms with Crippen molar-refractivity contribution in [2.75, 3.05) is 26.2 Å². The molecule has 0 bridgehead atoms. The Kier molecular flexibility index (Phi) is 10.1. The van der Waals surface area contributed by atoms with Crippen molar-refractivity contribution in [2.24, 2.45) is 10.9 Å². The van der Waals surface area contributed by atoms with Crippen LogP contribution < -0.4 is 10.6 Å². The molecule has 1 fully saturated rings. The number of guanidine groups is 1. The zero-order valence-corrected chi connectivity index (χ0v) is 19.3. The van der Waals surface area contributed by atoms with Gasteiger partial charge in [0.25, 0.3) is 0 Å². The summed E-state index contributed by atoms with van der Waals surface area (Å²) in [5.41, 5.74) is 0.711. The molecule has 5 nitrogen and oxygen atoms in total. The quantitative estimate of drug-likeness (QED) is 0.352. The smallest absolute Gasteiger partial charge is 0.225 e. The number of amides is 1. The van der Waals surface area contributed by atoms with Gasteiger partial charge in [-0.2, -0.15) is 0 Å². The molecular formula is C20H31F2IN4O. The Morgan fingerprint density at radius 2 is 2.00 bits per heavy atom. The van der Waals surface area contributed by atoms with Crippen molar-refractivity contribution in [3.63, 3.8) is 0 Å². The summed E-state index contributed by atoms with van der Waals surface area (Å²) >= 11 is 0. The fourth-order valence-corrected chi connectivity index (χ4v) is 3.11. The zero-order valence-electron chi connectivity index (χ0n) is 17.0. The number of nitrogens with one attached hydrogen (secondary N) is 2. The summed E-state index contributed by atoms with van der Waals surface area (Å²) < 4.78 is 26.5. The molecule has 2 N–H and O–H groups in total. The van der Waals surface area contributed by atoms with Gasteiger partial charge >= 0.3 is 0 Å². The second-order valence-electron chi connectivity index (χ2n) is 7.36. The van der Waals surface area contributed by atoms with Crippen molar-refractivity contribution < 1.29 is 13.6 Å². The van der Waals surface area contributed by atoms with Crippen molar-refractivity contribution >= 4 is 35.8 Å². The van der Waals surface area contributed by atoms with Crippen molar-refractivity contribution in [2.45, 2.75) is 46.1 Å². The molecule has 1 saturated heterocycles. The Morgan fingerprint density at radius 3 is 2.61 bits per heavy atom. The lowest BCUT2D eigenvalue weighted by Crippen LogP contribution is -2.45. The highest BCUT2D eigenvalue weighted by Gasteiger charge is 2.28. The van der Waals surface area contributed by atoms with E-state index in [-0.39, 0.29) is 47.8 Å². The molecule has 1 aliphatic rings. The number of hydrogen-bond donors (Lipinski definition) is 2. The second kappa shape index (κ2) is 11.5. The van der Waals surface area contributed by atoms with Gasteiger partial charge in [-0.15, -0.1) is 24.0 Å². The average molecular weight is 508 g/mol. The summed E-state index contributed by atoms with van der Waals surface area (Å²) in [5.74, 6) is -0.870. The van der Waals surface area contributed by atoms with Crippen LogP contribution in [-0.4, -0.2) is 49.0 Å². The van der Waals surface area contributed by atoms with Crippen LogP contribution in [0.3, 0.4) is 0 Å². The summed E-state index contributed by atoms with van der Waals surface area (Å²) in [5, 5.41) is 6.58. The van der Waals surface area contributed by atoms with E-state index in [1.807, 2.05) is 32.6 Å². The van der Waals surface area contributed by atoms with E-state index in [9.17, 15) is 13.6 Å². The summed E-state index contributed by atoms with van der Waals surface area (Å²) in [7, 11) is 0. The number of nitrogens with zero attached hydrogens (tertiary/aromatic N) is 2. The maximum absolute atomic E-state index is 13.4. The molecule has 2 atom stereocenters. The van der Waals surface area contributed by atoms with Crippen LogP contribution in [0, 0.1) is 17.6 Å². The van der Waals surface area contributed by atoms with Gasteiger partial charge in [0.05, 0.1) is 0 Å². The van der Waals surface area contributed by atoms with Crippen molar-refractivity contribution in [3.8, 4) is 0 Å². The van der Waals surface area contributed by atoms with E-state index < -0.39 is 11.6 Å². The molecule has 0 spiro atoms. The van der Waals surface area contributed by atoms with Crippen LogP contribution >= 0.6 is 24.0 Å². The van der Waals surface area contributed by atoms with Gasteiger partial charge in [-0.3, -0.25) is 9.79 Å². The molecule has 1 aromatic carbocycles. The molecule has 28 heavy (non-hydrogen) atoms. The van der Waals surface area contributed by atoms with E-state index in [4.69, 9.17) is 0 Å². The Bertz CT molecular complexity index is 684. The predicted molar refractivity (Wildman–Crippen MR) is 119 cm³/mol. The third kappa shape index (κ3) is 6.86. The number of carbonyl (C=O) groups is 1. The van der Waals surface area contributed by atoms with E-state index in [2.05, 4.69) is 15.6 Å². The topological polar surface area (TPSA) is 56.7 Å². The van der Waals surface area contributed by atoms with Crippen LogP contribution in [0.25, 0.3) is 0 Å². The van der Waals surface area contributed by atoms with Crippen LogP contribution in [0.1, 0.15) is 45.6 Å². The van der Waals surface area contributed by atoms with Gasteiger partial charge in [0, 0.05) is 44.1 Å². The van der Waals surface area contributed by atoms with Crippen LogP contribution in [0.2, 0.25) is 0 Å². The monoisotopic (exact) mass is 508 g/mol. The summed E-state index contributed by atoms with van der Waals surface area (Å²) in [6.45, 7) is 10.3. The van der Waals surface area contributed by atoms with E-state index in [1.165, 1.54) is 6.07 Å². The Morgan fingerprint density at radius 1 is 1.29 bits per heavy atom. The lowest BCUT2D eigenvalue weighted by atomic mass is 10.0. The summed E-state index contributed by atoms with van der Waals surface area (Å²) in [6.07, 6.45) is 0.877. The van der Waals surface area contributed by atoms with Crippen molar-refractivity contribution in [1.82, 2.24) is 15.5 Å². The standard InChI is InChI=1S/C20H30F2N4O.HI/c1-5-23-20(25-16-8-9-26(12-16)19(27)13(2)3)24-11-14(4)15-6-7-17(21)18(22)10-15;/h6-7,10,13-14,16H,5,8-9,11-12H2,1-4H3,(H2,23,24,25);1H. The fourth-order valence-electron chi connectivity index (χ4n) is 3.11. The number of likely N-dealkylation sites (tertiary alicyclic amines) is 1. The molecule has 0 saturated carbocycles. The Balaban J connectivity index is 0.00000392. The predicted octanol–water partition coefficient (Wildman–Crippen LogP) is 3.50. The van der Waals surface area contributed by atoms with Gasteiger partial charge in [-0.25, -0.2) is 8.78 Å². The highest BCUT2D eigenvalue weighted by atomic mass is 127. The molecule has 2 unspecified atom stereocenters. The van der Waals surface area contributed by atoms with Crippen LogP contribution in [-0.2, 0) is 4.79 Å². The van der Waals surface area contributed by atoms with E-state index >= 15 is 0 Å². The first kappa shape index (κ1) is 24.6. The number of hydrogen-bond acceptors (Lipinski definition) is 2. The van der Waals surface area contributed by atoms with Gasteiger partial charge in [0.1, 0.15) is 0 Å². The first-order chi connectivity index (χ1) is 12.8. The van der Waals surface area contributed by atoms with Crippen LogP contribution in [0.4, 0.5) is 8.78 Å². The zero-order chi connectivity index (χ0) is 20.0. The minimum atomic E-state index is -0.841. The molecule has 2 rings (SSSR count). The second-order valence-corrected chi connectivity index (χ2v) is 7.36. The number of aliphatic imine (C=N–C) groups is 1. The van der Waals surface area contributed by atoms with E-state index in [1.54, 1.807) is 6.07 Å². The first-order valence-corrected chi connectivity index (χ1v) is 9.60. The third-order valence-electron chi connectivity index (χ3n) is 4.71. The highest BCUT2D eigenvalue weighted by Crippen LogP contribution is 2.18. The Hall–Kier alpha value is -1.45. The molecule has 1 amide bonds.